The van der Waals surface area contributed by atoms with Gasteiger partial charge in [0.15, 0.2) is 0 Å². The fraction of sp³-hybridized carbons (Fsp3) is 0.455. The molecule has 0 saturated carbocycles. The predicted molar refractivity (Wildman–Crippen MR) is 57.9 cm³/mol. The molecule has 1 fully saturated rings. The highest BCUT2D eigenvalue weighted by Gasteiger charge is 2.37. The van der Waals surface area contributed by atoms with Crippen molar-refractivity contribution in [2.75, 3.05) is 0 Å². The summed E-state index contributed by atoms with van der Waals surface area (Å²) in [5.41, 5.74) is 0. The molecule has 1 N–H and O–H groups in total. The highest BCUT2D eigenvalue weighted by Crippen LogP contribution is 2.29. The second-order valence-corrected chi connectivity index (χ2v) is 8.93. The maximum atomic E-state index is 9.56. The first-order chi connectivity index (χ1) is 6.21. The zero-order chi connectivity index (χ0) is 9.31. The highest BCUT2D eigenvalue weighted by atomic mass is 28.3. The Morgan fingerprint density at radius 1 is 1.31 bits per heavy atom. The summed E-state index contributed by atoms with van der Waals surface area (Å²) >= 11 is 0. The summed E-state index contributed by atoms with van der Waals surface area (Å²) in [4.78, 5) is 0. The van der Waals surface area contributed by atoms with Crippen LogP contribution in [-0.4, -0.2) is 19.3 Å². The van der Waals surface area contributed by atoms with E-state index >= 15 is 0 Å². The first-order valence-electron chi connectivity index (χ1n) is 4.94. The molecule has 2 atom stereocenters. The van der Waals surface area contributed by atoms with Crippen molar-refractivity contribution < 1.29 is 5.11 Å². The lowest BCUT2D eigenvalue weighted by Gasteiger charge is -2.21. The van der Waals surface area contributed by atoms with Gasteiger partial charge in [0, 0.05) is 0 Å². The van der Waals surface area contributed by atoms with Crippen LogP contribution < -0.4 is 5.19 Å². The van der Waals surface area contributed by atoms with Crippen molar-refractivity contribution in [2.24, 2.45) is 0 Å². The van der Waals surface area contributed by atoms with Gasteiger partial charge in [-0.15, -0.1) is 0 Å². The van der Waals surface area contributed by atoms with E-state index < -0.39 is 8.07 Å². The Morgan fingerprint density at radius 3 is 2.54 bits per heavy atom. The van der Waals surface area contributed by atoms with Crippen LogP contribution in [0.25, 0.3) is 0 Å². The van der Waals surface area contributed by atoms with Crippen molar-refractivity contribution in [3.8, 4) is 0 Å². The Labute approximate surface area is 80.4 Å². The molecule has 2 rings (SSSR count). The smallest absolute Gasteiger partial charge is 0.0862 e. The zero-order valence-corrected chi connectivity index (χ0v) is 9.03. The standard InChI is InChI=1S/C11H16OSi/c1-13(8-7-10(12)9-13)11-5-3-2-4-6-11/h2-6,10,12H,7-9H2,1H3. The molecule has 0 radical (unpaired) electrons. The van der Waals surface area contributed by atoms with Gasteiger partial charge in [-0.3, -0.25) is 0 Å². The molecular weight excluding hydrogens is 176 g/mol. The SMILES string of the molecule is C[Si]1(c2ccccc2)CCC(O)C1. The second-order valence-electron chi connectivity index (χ2n) is 4.32. The van der Waals surface area contributed by atoms with Crippen molar-refractivity contribution in [1.29, 1.82) is 0 Å². The van der Waals surface area contributed by atoms with Gasteiger partial charge in [-0.25, -0.2) is 0 Å². The average Bonchev–Trinajstić information content (AvgIpc) is 2.49. The van der Waals surface area contributed by atoms with Gasteiger partial charge in [0.1, 0.15) is 0 Å². The Balaban J connectivity index is 2.26. The van der Waals surface area contributed by atoms with Gasteiger partial charge >= 0.3 is 0 Å². The third-order valence-electron chi connectivity index (χ3n) is 3.19. The monoisotopic (exact) mass is 192 g/mol. The van der Waals surface area contributed by atoms with E-state index in [1.807, 2.05) is 0 Å². The topological polar surface area (TPSA) is 20.2 Å². The molecule has 1 heterocycles. The lowest BCUT2D eigenvalue weighted by Crippen LogP contribution is -2.41. The fourth-order valence-electron chi connectivity index (χ4n) is 2.31. The van der Waals surface area contributed by atoms with Crippen LogP contribution in [0.1, 0.15) is 6.42 Å². The molecule has 70 valence electrons. The summed E-state index contributed by atoms with van der Waals surface area (Å²) in [5.74, 6) is 0. The van der Waals surface area contributed by atoms with Crippen LogP contribution in [-0.2, 0) is 0 Å². The number of aliphatic hydroxyl groups excluding tert-OH is 1. The van der Waals surface area contributed by atoms with Crippen LogP contribution in [0.4, 0.5) is 0 Å². The largest absolute Gasteiger partial charge is 0.393 e. The Morgan fingerprint density at radius 2 is 2.00 bits per heavy atom. The lowest BCUT2D eigenvalue weighted by atomic mass is 10.3. The van der Waals surface area contributed by atoms with E-state index in [2.05, 4.69) is 36.9 Å². The molecule has 1 nitrogen and oxygen atoms in total. The minimum absolute atomic E-state index is 0.0307. The van der Waals surface area contributed by atoms with E-state index in [0.717, 1.165) is 12.5 Å². The highest BCUT2D eigenvalue weighted by molar-refractivity contribution is 6.91. The van der Waals surface area contributed by atoms with Crippen LogP contribution in [0, 0.1) is 0 Å². The summed E-state index contributed by atoms with van der Waals surface area (Å²) in [6, 6.07) is 13.0. The van der Waals surface area contributed by atoms with Crippen molar-refractivity contribution in [1.82, 2.24) is 0 Å². The molecule has 0 spiro atoms. The summed E-state index contributed by atoms with van der Waals surface area (Å²) < 4.78 is 0. The zero-order valence-electron chi connectivity index (χ0n) is 8.03. The van der Waals surface area contributed by atoms with E-state index in [4.69, 9.17) is 0 Å². The first-order valence-corrected chi connectivity index (χ1v) is 7.86. The van der Waals surface area contributed by atoms with Crippen LogP contribution in [0.2, 0.25) is 18.6 Å². The van der Waals surface area contributed by atoms with Gasteiger partial charge in [0.05, 0.1) is 14.2 Å². The van der Waals surface area contributed by atoms with E-state index in [1.54, 1.807) is 0 Å². The number of aliphatic hydroxyl groups is 1. The Bertz CT molecular complexity index is 285. The molecule has 1 aliphatic rings. The summed E-state index contributed by atoms with van der Waals surface area (Å²) in [6.45, 7) is 2.39. The third-order valence-corrected chi connectivity index (χ3v) is 7.68. The van der Waals surface area contributed by atoms with Crippen LogP contribution in [0.3, 0.4) is 0 Å². The van der Waals surface area contributed by atoms with Crippen molar-refractivity contribution in [2.45, 2.75) is 31.2 Å². The Hall–Kier alpha value is -0.603. The summed E-state index contributed by atoms with van der Waals surface area (Å²) in [5, 5.41) is 11.1. The lowest BCUT2D eigenvalue weighted by molar-refractivity contribution is 0.199. The van der Waals surface area contributed by atoms with Gasteiger partial charge in [0.2, 0.25) is 0 Å². The Kier molecular flexibility index (Phi) is 2.26. The first kappa shape index (κ1) is 8.97. The number of hydrogen-bond acceptors (Lipinski definition) is 1. The predicted octanol–water partition coefficient (Wildman–Crippen LogP) is 1.74. The van der Waals surface area contributed by atoms with Crippen LogP contribution in [0.15, 0.2) is 30.3 Å². The molecule has 1 saturated heterocycles. The number of hydrogen-bond donors (Lipinski definition) is 1. The molecule has 13 heavy (non-hydrogen) atoms. The van der Waals surface area contributed by atoms with Gasteiger partial charge in [-0.2, -0.15) is 0 Å². The summed E-state index contributed by atoms with van der Waals surface area (Å²) in [6.07, 6.45) is 0.981. The summed E-state index contributed by atoms with van der Waals surface area (Å²) in [7, 11) is -1.28. The molecule has 2 heteroatoms. The molecule has 1 aromatic carbocycles. The molecule has 1 aliphatic heterocycles. The van der Waals surface area contributed by atoms with Crippen molar-refractivity contribution >= 4 is 13.3 Å². The number of benzene rings is 1. The van der Waals surface area contributed by atoms with Crippen molar-refractivity contribution in [3.63, 3.8) is 0 Å². The fourth-order valence-corrected chi connectivity index (χ4v) is 6.25. The quantitative estimate of drug-likeness (QED) is 0.672. The van der Waals surface area contributed by atoms with Gasteiger partial charge in [0.25, 0.3) is 0 Å². The van der Waals surface area contributed by atoms with E-state index in [0.29, 0.717) is 0 Å². The molecule has 0 bridgehead atoms. The minimum Gasteiger partial charge on any atom is -0.393 e. The second kappa shape index (κ2) is 3.27. The normalized spacial score (nSPS) is 33.5. The van der Waals surface area contributed by atoms with Crippen LogP contribution >= 0.6 is 0 Å². The third kappa shape index (κ3) is 1.69. The molecular formula is C11H16OSi. The van der Waals surface area contributed by atoms with Gasteiger partial charge in [-0.1, -0.05) is 48.1 Å². The molecule has 1 aromatic rings. The van der Waals surface area contributed by atoms with Gasteiger partial charge in [-0.05, 0) is 12.5 Å². The van der Waals surface area contributed by atoms with Gasteiger partial charge < -0.3 is 5.11 Å². The minimum atomic E-state index is -1.28. The van der Waals surface area contributed by atoms with Crippen molar-refractivity contribution in [3.05, 3.63) is 30.3 Å². The average molecular weight is 192 g/mol. The molecule has 2 unspecified atom stereocenters. The van der Waals surface area contributed by atoms with E-state index in [1.165, 1.54) is 11.2 Å². The van der Waals surface area contributed by atoms with Crippen LogP contribution in [0.5, 0.6) is 0 Å². The maximum absolute atomic E-state index is 9.56. The number of rotatable bonds is 1. The molecule has 0 aliphatic carbocycles. The maximum Gasteiger partial charge on any atom is 0.0862 e. The van der Waals surface area contributed by atoms with E-state index in [-0.39, 0.29) is 6.10 Å². The molecule has 0 amide bonds. The van der Waals surface area contributed by atoms with E-state index in [9.17, 15) is 5.11 Å². The molecule has 0 aromatic heterocycles.